The zero-order valence-corrected chi connectivity index (χ0v) is 20.2. The highest BCUT2D eigenvalue weighted by atomic mass is 32.2. The molecule has 1 aliphatic heterocycles. The Morgan fingerprint density at radius 3 is 2.21 bits per heavy atom. The normalized spacial score (nSPS) is 16.8. The van der Waals surface area contributed by atoms with Crippen LogP contribution in [0.3, 0.4) is 0 Å². The summed E-state index contributed by atoms with van der Waals surface area (Å²) in [6.07, 6.45) is 3.25. The number of amides is 1. The Kier molecular flexibility index (Phi) is 7.62. The molecule has 1 fully saturated rings. The smallest absolute Gasteiger partial charge is 0.244 e. The van der Waals surface area contributed by atoms with Gasteiger partial charge in [0.15, 0.2) is 11.6 Å². The Labute approximate surface area is 194 Å². The maximum absolute atomic E-state index is 13.7. The van der Waals surface area contributed by atoms with Crippen molar-refractivity contribution in [2.45, 2.75) is 45.7 Å². The SMILES string of the molecule is CC1CCN(c2ccc(C(C)NC(=O)C(C)N(c3ccc(F)c(F)c3)S(C)(=O)=O)cc2)CC1. The number of carbonyl (C=O) groups is 1. The van der Waals surface area contributed by atoms with Crippen LogP contribution in [0.25, 0.3) is 0 Å². The van der Waals surface area contributed by atoms with Gasteiger partial charge in [0.1, 0.15) is 6.04 Å². The molecule has 1 amide bonds. The van der Waals surface area contributed by atoms with Gasteiger partial charge in [0.25, 0.3) is 0 Å². The Hall–Kier alpha value is -2.68. The lowest BCUT2D eigenvalue weighted by atomic mass is 9.98. The molecule has 2 aromatic rings. The van der Waals surface area contributed by atoms with Crippen LogP contribution in [0, 0.1) is 17.6 Å². The molecule has 1 N–H and O–H groups in total. The third-order valence-corrected chi connectivity index (χ3v) is 7.39. The number of hydrogen-bond acceptors (Lipinski definition) is 4. The molecule has 0 saturated carbocycles. The lowest BCUT2D eigenvalue weighted by Gasteiger charge is -2.32. The molecule has 2 aromatic carbocycles. The number of anilines is 2. The number of carbonyl (C=O) groups excluding carboxylic acids is 1. The number of benzene rings is 2. The van der Waals surface area contributed by atoms with Crippen molar-refractivity contribution in [1.29, 1.82) is 0 Å². The van der Waals surface area contributed by atoms with E-state index in [-0.39, 0.29) is 11.7 Å². The number of hydrogen-bond donors (Lipinski definition) is 1. The Balaban J connectivity index is 1.71. The van der Waals surface area contributed by atoms with Crippen molar-refractivity contribution in [2.24, 2.45) is 5.92 Å². The van der Waals surface area contributed by atoms with Crippen molar-refractivity contribution in [3.8, 4) is 0 Å². The van der Waals surface area contributed by atoms with E-state index in [1.165, 1.54) is 19.8 Å². The van der Waals surface area contributed by atoms with Crippen LogP contribution in [0.4, 0.5) is 20.2 Å². The first-order chi connectivity index (χ1) is 15.5. The quantitative estimate of drug-likeness (QED) is 0.645. The van der Waals surface area contributed by atoms with Crippen molar-refractivity contribution in [2.75, 3.05) is 28.6 Å². The van der Waals surface area contributed by atoms with E-state index in [4.69, 9.17) is 0 Å². The largest absolute Gasteiger partial charge is 0.372 e. The second-order valence-electron chi connectivity index (χ2n) is 8.82. The fourth-order valence-corrected chi connectivity index (χ4v) is 5.26. The molecule has 0 radical (unpaired) electrons. The highest BCUT2D eigenvalue weighted by Gasteiger charge is 2.30. The average Bonchev–Trinajstić information content (AvgIpc) is 2.76. The molecular weight excluding hydrogens is 448 g/mol. The van der Waals surface area contributed by atoms with E-state index < -0.39 is 33.6 Å². The van der Waals surface area contributed by atoms with Crippen LogP contribution in [0.2, 0.25) is 0 Å². The molecule has 180 valence electrons. The molecule has 1 saturated heterocycles. The number of sulfonamides is 1. The predicted octanol–water partition coefficient (Wildman–Crippen LogP) is 4.23. The number of rotatable bonds is 7. The summed E-state index contributed by atoms with van der Waals surface area (Å²) in [5.41, 5.74) is 1.90. The van der Waals surface area contributed by atoms with E-state index in [0.29, 0.717) is 0 Å². The van der Waals surface area contributed by atoms with Gasteiger partial charge >= 0.3 is 0 Å². The minimum absolute atomic E-state index is 0.119. The first kappa shape index (κ1) is 25.0. The van der Waals surface area contributed by atoms with Gasteiger partial charge < -0.3 is 10.2 Å². The van der Waals surface area contributed by atoms with Crippen molar-refractivity contribution in [3.05, 3.63) is 59.7 Å². The highest BCUT2D eigenvalue weighted by molar-refractivity contribution is 7.92. The van der Waals surface area contributed by atoms with E-state index in [0.717, 1.165) is 59.0 Å². The van der Waals surface area contributed by atoms with Gasteiger partial charge in [0, 0.05) is 24.8 Å². The summed E-state index contributed by atoms with van der Waals surface area (Å²) in [6.45, 7) is 7.53. The maximum atomic E-state index is 13.7. The summed E-state index contributed by atoms with van der Waals surface area (Å²) in [6, 6.07) is 9.16. The number of nitrogens with zero attached hydrogens (tertiary/aromatic N) is 2. The Morgan fingerprint density at radius 2 is 1.67 bits per heavy atom. The summed E-state index contributed by atoms with van der Waals surface area (Å²) in [7, 11) is -3.94. The molecule has 2 unspecified atom stereocenters. The molecule has 33 heavy (non-hydrogen) atoms. The minimum Gasteiger partial charge on any atom is -0.372 e. The number of halogens is 2. The Morgan fingerprint density at radius 1 is 1.06 bits per heavy atom. The molecule has 2 atom stereocenters. The van der Waals surface area contributed by atoms with Gasteiger partial charge in [-0.2, -0.15) is 0 Å². The van der Waals surface area contributed by atoms with Gasteiger partial charge in [-0.15, -0.1) is 0 Å². The molecule has 0 aromatic heterocycles. The predicted molar refractivity (Wildman–Crippen MR) is 127 cm³/mol. The van der Waals surface area contributed by atoms with E-state index in [1.807, 2.05) is 31.2 Å². The van der Waals surface area contributed by atoms with Gasteiger partial charge in [-0.3, -0.25) is 9.10 Å². The van der Waals surface area contributed by atoms with E-state index in [2.05, 4.69) is 17.1 Å². The van der Waals surface area contributed by atoms with Crippen molar-refractivity contribution < 1.29 is 22.0 Å². The fourth-order valence-electron chi connectivity index (χ4n) is 4.09. The molecule has 9 heteroatoms. The van der Waals surface area contributed by atoms with Gasteiger partial charge in [0.05, 0.1) is 18.0 Å². The molecular formula is C24H31F2N3O3S. The second kappa shape index (κ2) is 10.1. The van der Waals surface area contributed by atoms with Crippen molar-refractivity contribution in [1.82, 2.24) is 5.32 Å². The average molecular weight is 480 g/mol. The lowest BCUT2D eigenvalue weighted by molar-refractivity contribution is -0.122. The van der Waals surface area contributed by atoms with Crippen LogP contribution in [-0.2, 0) is 14.8 Å². The minimum atomic E-state index is -3.94. The molecule has 6 nitrogen and oxygen atoms in total. The van der Waals surface area contributed by atoms with Gasteiger partial charge in [-0.1, -0.05) is 19.1 Å². The molecule has 0 aliphatic carbocycles. The third-order valence-electron chi connectivity index (χ3n) is 6.15. The lowest BCUT2D eigenvalue weighted by Crippen LogP contribution is -2.48. The third kappa shape index (κ3) is 6.01. The molecule has 0 bridgehead atoms. The second-order valence-corrected chi connectivity index (χ2v) is 10.7. The van der Waals surface area contributed by atoms with E-state index in [9.17, 15) is 22.0 Å². The van der Waals surface area contributed by atoms with Gasteiger partial charge in [-0.05, 0) is 62.4 Å². The fraction of sp³-hybridized carbons (Fsp3) is 0.458. The van der Waals surface area contributed by atoms with Crippen molar-refractivity contribution in [3.63, 3.8) is 0 Å². The molecule has 3 rings (SSSR count). The van der Waals surface area contributed by atoms with E-state index >= 15 is 0 Å². The van der Waals surface area contributed by atoms with Gasteiger partial charge in [-0.25, -0.2) is 17.2 Å². The summed E-state index contributed by atoms with van der Waals surface area (Å²) in [5.74, 6) is -2.09. The van der Waals surface area contributed by atoms with Crippen LogP contribution in [-0.4, -0.2) is 39.7 Å². The summed E-state index contributed by atoms with van der Waals surface area (Å²) in [5, 5.41) is 2.82. The first-order valence-corrected chi connectivity index (χ1v) is 12.9. The summed E-state index contributed by atoms with van der Waals surface area (Å²) < 4.78 is 52.5. The maximum Gasteiger partial charge on any atom is 0.244 e. The van der Waals surface area contributed by atoms with Crippen LogP contribution in [0.15, 0.2) is 42.5 Å². The Bertz CT molecular complexity index is 1080. The molecule has 1 heterocycles. The summed E-state index contributed by atoms with van der Waals surface area (Å²) in [4.78, 5) is 15.2. The highest BCUT2D eigenvalue weighted by Crippen LogP contribution is 2.26. The topological polar surface area (TPSA) is 69.7 Å². The van der Waals surface area contributed by atoms with E-state index in [1.54, 1.807) is 0 Å². The molecule has 0 spiro atoms. The van der Waals surface area contributed by atoms with Crippen LogP contribution in [0.1, 0.15) is 45.2 Å². The number of nitrogens with one attached hydrogen (secondary N) is 1. The summed E-state index contributed by atoms with van der Waals surface area (Å²) >= 11 is 0. The monoisotopic (exact) mass is 479 g/mol. The van der Waals surface area contributed by atoms with Crippen LogP contribution >= 0.6 is 0 Å². The zero-order chi connectivity index (χ0) is 24.3. The van der Waals surface area contributed by atoms with Crippen LogP contribution < -0.4 is 14.5 Å². The number of piperidine rings is 1. The molecule has 1 aliphatic rings. The van der Waals surface area contributed by atoms with Gasteiger partial charge in [0.2, 0.25) is 15.9 Å². The standard InChI is InChI=1S/C24H31F2N3O3S/c1-16-11-13-28(14-12-16)20-7-5-19(6-8-20)17(2)27-24(30)18(3)29(33(4,31)32)21-9-10-22(25)23(26)15-21/h5-10,15-18H,11-14H2,1-4H3,(H,27,30). The van der Waals surface area contributed by atoms with Crippen molar-refractivity contribution >= 4 is 27.3 Å². The zero-order valence-electron chi connectivity index (χ0n) is 19.4. The first-order valence-electron chi connectivity index (χ1n) is 11.1. The van der Waals surface area contributed by atoms with Crippen LogP contribution in [0.5, 0.6) is 0 Å².